The Hall–Kier alpha value is -1.10. The van der Waals surface area contributed by atoms with Crippen LogP contribution in [-0.4, -0.2) is 40.5 Å². The van der Waals surface area contributed by atoms with Crippen molar-refractivity contribution in [3.63, 3.8) is 0 Å². The predicted octanol–water partition coefficient (Wildman–Crippen LogP) is 0.827. The highest BCUT2D eigenvalue weighted by Crippen LogP contribution is 2.31. The second-order valence-corrected chi connectivity index (χ2v) is 5.85. The lowest BCUT2D eigenvalue weighted by Crippen LogP contribution is -2.55. The third-order valence-electron chi connectivity index (χ3n) is 4.39. The van der Waals surface area contributed by atoms with Crippen molar-refractivity contribution in [2.45, 2.75) is 44.6 Å². The summed E-state index contributed by atoms with van der Waals surface area (Å²) in [5.74, 6) is -1.29. The molecule has 1 heterocycles. The van der Waals surface area contributed by atoms with Crippen LogP contribution in [0, 0.1) is 11.8 Å². The summed E-state index contributed by atoms with van der Waals surface area (Å²) < 4.78 is 0. The van der Waals surface area contributed by atoms with Gasteiger partial charge in [0, 0.05) is 13.1 Å². The largest absolute Gasteiger partial charge is 0.481 e. The maximum Gasteiger partial charge on any atom is 0.308 e. The van der Waals surface area contributed by atoms with Crippen molar-refractivity contribution in [1.82, 2.24) is 4.90 Å². The van der Waals surface area contributed by atoms with Gasteiger partial charge >= 0.3 is 5.97 Å². The molecule has 1 saturated heterocycles. The smallest absolute Gasteiger partial charge is 0.308 e. The number of carboxylic acids is 1. The summed E-state index contributed by atoms with van der Waals surface area (Å²) in [6.45, 7) is 2.72. The molecule has 0 aromatic carbocycles. The summed E-state index contributed by atoms with van der Waals surface area (Å²) in [6.07, 6.45) is 4.59. The molecule has 18 heavy (non-hydrogen) atoms. The second kappa shape index (κ2) is 4.88. The van der Waals surface area contributed by atoms with E-state index in [1.54, 1.807) is 4.90 Å². The average molecular weight is 254 g/mol. The molecular formula is C13H22N2O3. The van der Waals surface area contributed by atoms with E-state index in [4.69, 9.17) is 10.8 Å². The van der Waals surface area contributed by atoms with Crippen LogP contribution in [0.5, 0.6) is 0 Å². The quantitative estimate of drug-likeness (QED) is 0.764. The normalized spacial score (nSPS) is 31.3. The van der Waals surface area contributed by atoms with Gasteiger partial charge in [0.1, 0.15) is 0 Å². The van der Waals surface area contributed by atoms with E-state index in [1.165, 1.54) is 0 Å². The highest BCUT2D eigenvalue weighted by molar-refractivity contribution is 5.87. The minimum atomic E-state index is -0.812. The van der Waals surface area contributed by atoms with Crippen molar-refractivity contribution in [2.24, 2.45) is 17.6 Å². The SMILES string of the molecule is CC1CN(C(=O)C2(N)CCCCC2)CC1C(=O)O. The van der Waals surface area contributed by atoms with Gasteiger partial charge in [-0.15, -0.1) is 0 Å². The lowest BCUT2D eigenvalue weighted by molar-refractivity contribution is -0.142. The first-order valence-electron chi connectivity index (χ1n) is 6.75. The summed E-state index contributed by atoms with van der Waals surface area (Å²) in [7, 11) is 0. The van der Waals surface area contributed by atoms with E-state index in [-0.39, 0.29) is 11.8 Å². The molecule has 0 radical (unpaired) electrons. The van der Waals surface area contributed by atoms with Crippen LogP contribution in [0.4, 0.5) is 0 Å². The Morgan fingerprint density at radius 1 is 1.22 bits per heavy atom. The number of nitrogens with zero attached hydrogens (tertiary/aromatic N) is 1. The van der Waals surface area contributed by atoms with Crippen LogP contribution in [0.25, 0.3) is 0 Å². The number of carbonyl (C=O) groups is 2. The first-order chi connectivity index (χ1) is 8.44. The summed E-state index contributed by atoms with van der Waals surface area (Å²) in [6, 6.07) is 0. The molecule has 1 aliphatic heterocycles. The van der Waals surface area contributed by atoms with Gasteiger partial charge in [-0.25, -0.2) is 0 Å². The zero-order chi connectivity index (χ0) is 13.3. The molecule has 2 unspecified atom stereocenters. The van der Waals surface area contributed by atoms with Gasteiger partial charge in [-0.2, -0.15) is 0 Å². The van der Waals surface area contributed by atoms with E-state index < -0.39 is 17.4 Å². The lowest BCUT2D eigenvalue weighted by Gasteiger charge is -2.35. The number of nitrogens with two attached hydrogens (primary N) is 1. The van der Waals surface area contributed by atoms with Crippen molar-refractivity contribution >= 4 is 11.9 Å². The monoisotopic (exact) mass is 254 g/mol. The average Bonchev–Trinajstić information content (AvgIpc) is 2.71. The van der Waals surface area contributed by atoms with Crippen molar-refractivity contribution in [1.29, 1.82) is 0 Å². The second-order valence-electron chi connectivity index (χ2n) is 5.85. The number of hydrogen-bond acceptors (Lipinski definition) is 3. The van der Waals surface area contributed by atoms with Crippen LogP contribution in [0.2, 0.25) is 0 Å². The summed E-state index contributed by atoms with van der Waals surface area (Å²) in [4.78, 5) is 25.2. The molecule has 0 bridgehead atoms. The zero-order valence-corrected chi connectivity index (χ0v) is 10.9. The highest BCUT2D eigenvalue weighted by atomic mass is 16.4. The predicted molar refractivity (Wildman–Crippen MR) is 66.9 cm³/mol. The van der Waals surface area contributed by atoms with E-state index in [9.17, 15) is 9.59 Å². The van der Waals surface area contributed by atoms with Crippen molar-refractivity contribution < 1.29 is 14.7 Å². The number of hydrogen-bond donors (Lipinski definition) is 2. The molecule has 2 atom stereocenters. The van der Waals surface area contributed by atoms with Crippen molar-refractivity contribution in [2.75, 3.05) is 13.1 Å². The zero-order valence-electron chi connectivity index (χ0n) is 10.9. The fraction of sp³-hybridized carbons (Fsp3) is 0.846. The molecule has 3 N–H and O–H groups in total. The Bertz CT molecular complexity index is 350. The summed E-state index contributed by atoms with van der Waals surface area (Å²) in [5, 5.41) is 9.09. The molecule has 1 saturated carbocycles. The maximum absolute atomic E-state index is 12.4. The Morgan fingerprint density at radius 3 is 2.33 bits per heavy atom. The Balaban J connectivity index is 2.04. The number of aliphatic carboxylic acids is 1. The Labute approximate surface area is 107 Å². The van der Waals surface area contributed by atoms with Gasteiger partial charge in [-0.1, -0.05) is 26.2 Å². The third kappa shape index (κ3) is 2.36. The first-order valence-corrected chi connectivity index (χ1v) is 6.75. The fourth-order valence-corrected chi connectivity index (χ4v) is 3.17. The van der Waals surface area contributed by atoms with E-state index in [2.05, 4.69) is 0 Å². The van der Waals surface area contributed by atoms with Gasteiger partial charge in [0.15, 0.2) is 0 Å². The number of likely N-dealkylation sites (tertiary alicyclic amines) is 1. The van der Waals surface area contributed by atoms with Crippen LogP contribution < -0.4 is 5.73 Å². The van der Waals surface area contributed by atoms with Crippen molar-refractivity contribution in [3.8, 4) is 0 Å². The van der Waals surface area contributed by atoms with Gasteiger partial charge in [0.05, 0.1) is 11.5 Å². The van der Waals surface area contributed by atoms with E-state index in [1.807, 2.05) is 6.92 Å². The van der Waals surface area contributed by atoms with Crippen molar-refractivity contribution in [3.05, 3.63) is 0 Å². The van der Waals surface area contributed by atoms with Crippen LogP contribution >= 0.6 is 0 Å². The van der Waals surface area contributed by atoms with E-state index in [0.717, 1.165) is 32.1 Å². The molecule has 0 spiro atoms. The summed E-state index contributed by atoms with van der Waals surface area (Å²) >= 11 is 0. The number of carboxylic acid groups (broad SMARTS) is 1. The molecule has 1 amide bonds. The van der Waals surface area contributed by atoms with Gasteiger partial charge < -0.3 is 15.7 Å². The molecular weight excluding hydrogens is 232 g/mol. The molecule has 5 heteroatoms. The van der Waals surface area contributed by atoms with E-state index >= 15 is 0 Å². The van der Waals surface area contributed by atoms with Crippen LogP contribution in [0.3, 0.4) is 0 Å². The fourth-order valence-electron chi connectivity index (χ4n) is 3.17. The van der Waals surface area contributed by atoms with Gasteiger partial charge in [-0.05, 0) is 18.8 Å². The van der Waals surface area contributed by atoms with Crippen LogP contribution in [0.15, 0.2) is 0 Å². The molecule has 2 rings (SSSR count). The highest BCUT2D eigenvalue weighted by Gasteiger charge is 2.44. The molecule has 102 valence electrons. The number of amides is 1. The van der Waals surface area contributed by atoms with Crippen LogP contribution in [-0.2, 0) is 9.59 Å². The minimum Gasteiger partial charge on any atom is -0.481 e. The summed E-state index contributed by atoms with van der Waals surface area (Å²) in [5.41, 5.74) is 5.47. The topological polar surface area (TPSA) is 83.6 Å². The molecule has 0 aromatic rings. The number of carbonyl (C=O) groups excluding carboxylic acids is 1. The van der Waals surface area contributed by atoms with Gasteiger partial charge in [0.2, 0.25) is 5.91 Å². The minimum absolute atomic E-state index is 0.0126. The molecule has 5 nitrogen and oxygen atoms in total. The first kappa shape index (κ1) is 13.3. The van der Waals surface area contributed by atoms with Gasteiger partial charge in [-0.3, -0.25) is 9.59 Å². The molecule has 2 fully saturated rings. The molecule has 0 aromatic heterocycles. The van der Waals surface area contributed by atoms with Gasteiger partial charge in [0.25, 0.3) is 0 Å². The molecule has 1 aliphatic carbocycles. The lowest BCUT2D eigenvalue weighted by atomic mass is 9.81. The number of rotatable bonds is 2. The maximum atomic E-state index is 12.4. The third-order valence-corrected chi connectivity index (χ3v) is 4.39. The van der Waals surface area contributed by atoms with E-state index in [0.29, 0.717) is 13.1 Å². The van der Waals surface area contributed by atoms with Crippen LogP contribution in [0.1, 0.15) is 39.0 Å². The molecule has 2 aliphatic rings. The Kier molecular flexibility index (Phi) is 3.61. The standard InChI is InChI=1S/C13H22N2O3/c1-9-7-15(8-10(9)11(16)17)12(18)13(14)5-3-2-4-6-13/h9-10H,2-8,14H2,1H3,(H,16,17). The Morgan fingerprint density at radius 2 is 1.83 bits per heavy atom.